The molecule has 0 saturated carbocycles. The van der Waals surface area contributed by atoms with E-state index in [1.165, 1.54) is 0 Å². The van der Waals surface area contributed by atoms with Gasteiger partial charge in [0.15, 0.2) is 0 Å². The first kappa shape index (κ1) is 11.5. The molecule has 0 fully saturated rings. The van der Waals surface area contributed by atoms with E-state index in [9.17, 15) is 0 Å². The Balaban J connectivity index is 2.57. The monoisotopic (exact) mass is 228 g/mol. The molecule has 0 radical (unpaired) electrons. The van der Waals surface area contributed by atoms with Crippen LogP contribution in [0.4, 0.5) is 5.69 Å². The van der Waals surface area contributed by atoms with Gasteiger partial charge in [-0.3, -0.25) is 4.98 Å². The molecule has 0 spiro atoms. The van der Waals surface area contributed by atoms with Crippen molar-refractivity contribution >= 4 is 5.69 Å². The average Bonchev–Trinajstić information content (AvgIpc) is 2.33. The van der Waals surface area contributed by atoms with Crippen LogP contribution in [0.1, 0.15) is 11.1 Å². The van der Waals surface area contributed by atoms with E-state index in [0.717, 1.165) is 33.8 Å². The summed E-state index contributed by atoms with van der Waals surface area (Å²) in [6.07, 6.45) is 1.78. The highest BCUT2D eigenvalue weighted by atomic mass is 16.5. The lowest BCUT2D eigenvalue weighted by atomic mass is 10.0. The van der Waals surface area contributed by atoms with Gasteiger partial charge in [0, 0.05) is 11.8 Å². The Morgan fingerprint density at radius 1 is 1.12 bits per heavy atom. The second-order valence-corrected chi connectivity index (χ2v) is 4.07. The van der Waals surface area contributed by atoms with Gasteiger partial charge in [0.25, 0.3) is 0 Å². The predicted octanol–water partition coefficient (Wildman–Crippen LogP) is 2.96. The van der Waals surface area contributed by atoms with E-state index >= 15 is 0 Å². The van der Waals surface area contributed by atoms with Gasteiger partial charge in [0.2, 0.25) is 0 Å². The van der Waals surface area contributed by atoms with E-state index in [1.54, 1.807) is 13.3 Å². The van der Waals surface area contributed by atoms with Crippen molar-refractivity contribution in [2.75, 3.05) is 12.8 Å². The second-order valence-electron chi connectivity index (χ2n) is 4.07. The first-order valence-electron chi connectivity index (χ1n) is 5.49. The highest BCUT2D eigenvalue weighted by Crippen LogP contribution is 2.30. The second kappa shape index (κ2) is 4.45. The zero-order valence-corrected chi connectivity index (χ0v) is 10.3. The Bertz CT molecular complexity index is 550. The van der Waals surface area contributed by atoms with E-state index in [1.807, 2.05) is 38.1 Å². The molecule has 0 saturated heterocycles. The number of methoxy groups -OCH3 is 1. The minimum Gasteiger partial charge on any atom is -0.497 e. The number of nitrogens with two attached hydrogens (primary N) is 1. The third-order valence-electron chi connectivity index (χ3n) is 2.90. The van der Waals surface area contributed by atoms with Crippen molar-refractivity contribution < 1.29 is 4.74 Å². The van der Waals surface area contributed by atoms with Gasteiger partial charge in [0.1, 0.15) is 5.75 Å². The number of aromatic nitrogens is 1. The van der Waals surface area contributed by atoms with Gasteiger partial charge in [-0.15, -0.1) is 0 Å². The van der Waals surface area contributed by atoms with Gasteiger partial charge >= 0.3 is 0 Å². The Hall–Kier alpha value is -2.03. The first-order valence-corrected chi connectivity index (χ1v) is 5.49. The summed E-state index contributed by atoms with van der Waals surface area (Å²) in [4.78, 5) is 4.36. The van der Waals surface area contributed by atoms with Crippen molar-refractivity contribution in [2.45, 2.75) is 13.8 Å². The molecular weight excluding hydrogens is 212 g/mol. The summed E-state index contributed by atoms with van der Waals surface area (Å²) in [7, 11) is 1.66. The lowest BCUT2D eigenvalue weighted by molar-refractivity contribution is 0.414. The molecule has 2 aromatic rings. The summed E-state index contributed by atoms with van der Waals surface area (Å²) in [5.41, 5.74) is 10.8. The molecule has 0 unspecified atom stereocenters. The van der Waals surface area contributed by atoms with Crippen LogP contribution in [0, 0.1) is 13.8 Å². The van der Waals surface area contributed by atoms with Crippen molar-refractivity contribution in [3.63, 3.8) is 0 Å². The molecule has 0 aliphatic heterocycles. The maximum atomic E-state index is 6.06. The number of aryl methyl sites for hydroxylation is 2. The molecule has 1 aromatic carbocycles. The van der Waals surface area contributed by atoms with E-state index < -0.39 is 0 Å². The van der Waals surface area contributed by atoms with Crippen LogP contribution < -0.4 is 10.5 Å². The lowest BCUT2D eigenvalue weighted by Crippen LogP contribution is -1.97. The summed E-state index contributed by atoms with van der Waals surface area (Å²) in [6, 6.07) is 7.81. The number of hydrogen-bond donors (Lipinski definition) is 1. The molecule has 0 atom stereocenters. The number of ether oxygens (including phenoxy) is 1. The molecule has 2 N–H and O–H groups in total. The number of benzene rings is 1. The van der Waals surface area contributed by atoms with Crippen molar-refractivity contribution in [1.29, 1.82) is 0 Å². The molecule has 0 bridgehead atoms. The largest absolute Gasteiger partial charge is 0.497 e. The molecule has 1 aromatic heterocycles. The van der Waals surface area contributed by atoms with E-state index in [2.05, 4.69) is 4.98 Å². The van der Waals surface area contributed by atoms with Gasteiger partial charge in [-0.25, -0.2) is 0 Å². The van der Waals surface area contributed by atoms with Gasteiger partial charge in [-0.1, -0.05) is 0 Å². The normalized spacial score (nSPS) is 10.3. The van der Waals surface area contributed by atoms with Crippen LogP contribution >= 0.6 is 0 Å². The molecule has 3 heteroatoms. The molecule has 0 amide bonds. The van der Waals surface area contributed by atoms with Crippen LogP contribution in [0.25, 0.3) is 11.3 Å². The van der Waals surface area contributed by atoms with E-state index in [0.29, 0.717) is 0 Å². The fourth-order valence-electron chi connectivity index (χ4n) is 1.81. The SMILES string of the molecule is COc1ccc(-c2nccc(C)c2N)c(C)c1. The molecule has 1 heterocycles. The van der Waals surface area contributed by atoms with Crippen LogP contribution in [-0.2, 0) is 0 Å². The molecular formula is C14H16N2O. The molecule has 3 nitrogen and oxygen atoms in total. The fourth-order valence-corrected chi connectivity index (χ4v) is 1.81. The van der Waals surface area contributed by atoms with Gasteiger partial charge < -0.3 is 10.5 Å². The highest BCUT2D eigenvalue weighted by molar-refractivity contribution is 5.77. The zero-order valence-electron chi connectivity index (χ0n) is 10.3. The predicted molar refractivity (Wildman–Crippen MR) is 70.1 cm³/mol. The number of nitrogen functional groups attached to an aromatic ring is 1. The number of rotatable bonds is 2. The quantitative estimate of drug-likeness (QED) is 0.859. The van der Waals surface area contributed by atoms with E-state index in [-0.39, 0.29) is 0 Å². The van der Waals surface area contributed by atoms with Crippen LogP contribution in [-0.4, -0.2) is 12.1 Å². The van der Waals surface area contributed by atoms with Crippen molar-refractivity contribution in [3.05, 3.63) is 41.6 Å². The van der Waals surface area contributed by atoms with Crippen LogP contribution in [0.15, 0.2) is 30.5 Å². The minimum atomic E-state index is 0.737. The Morgan fingerprint density at radius 3 is 2.53 bits per heavy atom. The fraction of sp³-hybridized carbons (Fsp3) is 0.214. The third-order valence-corrected chi connectivity index (χ3v) is 2.90. The smallest absolute Gasteiger partial charge is 0.119 e. The highest BCUT2D eigenvalue weighted by Gasteiger charge is 2.09. The lowest BCUT2D eigenvalue weighted by Gasteiger charge is -2.11. The molecule has 0 aliphatic rings. The molecule has 88 valence electrons. The summed E-state index contributed by atoms with van der Waals surface area (Å²) in [5.74, 6) is 0.845. The van der Waals surface area contributed by atoms with Crippen LogP contribution in [0.5, 0.6) is 5.75 Å². The first-order chi connectivity index (χ1) is 8.13. The van der Waals surface area contributed by atoms with Gasteiger partial charge in [0.05, 0.1) is 18.5 Å². The number of nitrogens with zero attached hydrogens (tertiary/aromatic N) is 1. The summed E-state index contributed by atoms with van der Waals surface area (Å²) >= 11 is 0. The number of anilines is 1. The Morgan fingerprint density at radius 2 is 1.88 bits per heavy atom. The third kappa shape index (κ3) is 2.09. The average molecular weight is 228 g/mol. The molecule has 17 heavy (non-hydrogen) atoms. The minimum absolute atomic E-state index is 0.737. The summed E-state index contributed by atoms with van der Waals surface area (Å²) in [6.45, 7) is 4.01. The van der Waals surface area contributed by atoms with Crippen LogP contribution in [0.2, 0.25) is 0 Å². The van der Waals surface area contributed by atoms with Crippen molar-refractivity contribution in [3.8, 4) is 17.0 Å². The van der Waals surface area contributed by atoms with Crippen molar-refractivity contribution in [1.82, 2.24) is 4.98 Å². The maximum Gasteiger partial charge on any atom is 0.119 e. The van der Waals surface area contributed by atoms with E-state index in [4.69, 9.17) is 10.5 Å². The molecule has 0 aliphatic carbocycles. The Kier molecular flexibility index (Phi) is 3.00. The number of hydrogen-bond acceptors (Lipinski definition) is 3. The topological polar surface area (TPSA) is 48.1 Å². The Labute approximate surface area is 101 Å². The summed E-state index contributed by atoms with van der Waals surface area (Å²) < 4.78 is 5.19. The van der Waals surface area contributed by atoms with Gasteiger partial charge in [-0.2, -0.15) is 0 Å². The zero-order chi connectivity index (χ0) is 12.4. The maximum absolute atomic E-state index is 6.06. The standard InChI is InChI=1S/C14H16N2O/c1-9-6-7-16-14(13(9)15)12-5-4-11(17-3)8-10(12)2/h4-8H,15H2,1-3H3. The number of pyridine rings is 1. The van der Waals surface area contributed by atoms with Crippen molar-refractivity contribution in [2.24, 2.45) is 0 Å². The molecule has 2 rings (SSSR count). The van der Waals surface area contributed by atoms with Gasteiger partial charge in [-0.05, 0) is 49.2 Å². The summed E-state index contributed by atoms with van der Waals surface area (Å²) in [5, 5.41) is 0. The van der Waals surface area contributed by atoms with Crippen LogP contribution in [0.3, 0.4) is 0 Å².